The number of carbonyl (C=O) groups excluding carboxylic acids is 1. The summed E-state index contributed by atoms with van der Waals surface area (Å²) < 4.78 is 50.7. The van der Waals surface area contributed by atoms with Crippen LogP contribution in [0.4, 0.5) is 8.78 Å². The van der Waals surface area contributed by atoms with Gasteiger partial charge in [0.1, 0.15) is 11.6 Å². The molecular formula is C26H27F2N3O3S. The van der Waals surface area contributed by atoms with Crippen molar-refractivity contribution in [3.05, 3.63) is 83.6 Å². The van der Waals surface area contributed by atoms with Gasteiger partial charge in [0.15, 0.2) is 9.84 Å². The van der Waals surface area contributed by atoms with Crippen molar-refractivity contribution in [3.8, 4) is 11.3 Å². The van der Waals surface area contributed by atoms with Gasteiger partial charge >= 0.3 is 0 Å². The second-order valence-corrected chi connectivity index (χ2v) is 10.9. The smallest absolute Gasteiger partial charge is 0.256 e. The Bertz CT molecular complexity index is 1300. The Hall–Kier alpha value is -3.17. The van der Waals surface area contributed by atoms with E-state index >= 15 is 0 Å². The van der Waals surface area contributed by atoms with Crippen molar-refractivity contribution < 1.29 is 22.0 Å². The SMILES string of the molecule is CN(Cc1ccc(-c2ccc(S(C)(=O)=O)cc2)nc1)C1CCN(C(=O)c2cc(F)ccc2F)CC1. The molecule has 0 saturated carbocycles. The molecule has 0 spiro atoms. The monoisotopic (exact) mass is 499 g/mol. The zero-order valence-electron chi connectivity index (χ0n) is 19.6. The van der Waals surface area contributed by atoms with Gasteiger partial charge in [0.25, 0.3) is 5.91 Å². The van der Waals surface area contributed by atoms with Gasteiger partial charge in [-0.2, -0.15) is 0 Å². The van der Waals surface area contributed by atoms with Crippen LogP contribution < -0.4 is 0 Å². The molecule has 1 aliphatic rings. The van der Waals surface area contributed by atoms with Crippen molar-refractivity contribution >= 4 is 15.7 Å². The normalized spacial score (nSPS) is 14.9. The maximum Gasteiger partial charge on any atom is 0.256 e. The maximum absolute atomic E-state index is 14.0. The number of halogens is 2. The number of pyridine rings is 1. The molecule has 1 aromatic heterocycles. The quantitative estimate of drug-likeness (QED) is 0.509. The predicted octanol–water partition coefficient (Wildman–Crippen LogP) is 4.17. The van der Waals surface area contributed by atoms with Crippen LogP contribution in [0, 0.1) is 11.6 Å². The van der Waals surface area contributed by atoms with Gasteiger partial charge in [-0.25, -0.2) is 17.2 Å². The minimum Gasteiger partial charge on any atom is -0.338 e. The molecule has 0 radical (unpaired) electrons. The first-order valence-corrected chi connectivity index (χ1v) is 13.2. The number of likely N-dealkylation sites (tertiary alicyclic amines) is 1. The van der Waals surface area contributed by atoms with E-state index in [1.165, 1.54) is 6.26 Å². The largest absolute Gasteiger partial charge is 0.338 e. The van der Waals surface area contributed by atoms with Crippen molar-refractivity contribution in [3.63, 3.8) is 0 Å². The van der Waals surface area contributed by atoms with E-state index in [2.05, 4.69) is 9.88 Å². The highest BCUT2D eigenvalue weighted by Gasteiger charge is 2.27. The second kappa shape index (κ2) is 10.2. The van der Waals surface area contributed by atoms with Crippen LogP contribution in [0.2, 0.25) is 0 Å². The van der Waals surface area contributed by atoms with Crippen molar-refractivity contribution in [2.75, 3.05) is 26.4 Å². The third-order valence-electron chi connectivity index (χ3n) is 6.37. The Morgan fingerprint density at radius 1 is 1.06 bits per heavy atom. The lowest BCUT2D eigenvalue weighted by atomic mass is 10.0. The highest BCUT2D eigenvalue weighted by molar-refractivity contribution is 7.90. The zero-order valence-corrected chi connectivity index (χ0v) is 20.4. The molecule has 0 aliphatic carbocycles. The summed E-state index contributed by atoms with van der Waals surface area (Å²) >= 11 is 0. The average Bonchev–Trinajstić information content (AvgIpc) is 2.85. The molecule has 6 nitrogen and oxygen atoms in total. The Kier molecular flexibility index (Phi) is 7.28. The summed E-state index contributed by atoms with van der Waals surface area (Å²) in [5, 5.41) is 0. The number of aromatic nitrogens is 1. The first kappa shape index (κ1) is 24.9. The van der Waals surface area contributed by atoms with Gasteiger partial charge in [0.2, 0.25) is 0 Å². The van der Waals surface area contributed by atoms with Gasteiger partial charge < -0.3 is 4.90 Å². The number of benzene rings is 2. The molecule has 3 aromatic rings. The van der Waals surface area contributed by atoms with Crippen LogP contribution in [-0.2, 0) is 16.4 Å². The molecule has 1 amide bonds. The topological polar surface area (TPSA) is 70.6 Å². The maximum atomic E-state index is 14.0. The fourth-order valence-corrected chi connectivity index (χ4v) is 4.95. The minimum absolute atomic E-state index is 0.228. The zero-order chi connectivity index (χ0) is 25.2. The van der Waals surface area contributed by atoms with Gasteiger partial charge in [-0.3, -0.25) is 14.7 Å². The van der Waals surface area contributed by atoms with E-state index in [-0.39, 0.29) is 16.5 Å². The summed E-state index contributed by atoms with van der Waals surface area (Å²) in [6.07, 6.45) is 4.45. The number of amides is 1. The van der Waals surface area contributed by atoms with Gasteiger partial charge in [-0.05, 0) is 61.9 Å². The summed E-state index contributed by atoms with van der Waals surface area (Å²) in [6.45, 7) is 1.63. The molecule has 0 unspecified atom stereocenters. The van der Waals surface area contributed by atoms with Gasteiger partial charge in [0.05, 0.1) is 16.2 Å². The van der Waals surface area contributed by atoms with E-state index in [1.54, 1.807) is 29.2 Å². The molecule has 9 heteroatoms. The first-order valence-electron chi connectivity index (χ1n) is 11.3. The molecule has 0 atom stereocenters. The summed E-state index contributed by atoms with van der Waals surface area (Å²) in [5.74, 6) is -1.82. The Morgan fingerprint density at radius 2 is 1.74 bits per heavy atom. The Balaban J connectivity index is 1.33. The van der Waals surface area contributed by atoms with Gasteiger partial charge in [-0.15, -0.1) is 0 Å². The predicted molar refractivity (Wildman–Crippen MR) is 130 cm³/mol. The van der Waals surface area contributed by atoms with Crippen molar-refractivity contribution in [1.29, 1.82) is 0 Å². The lowest BCUT2D eigenvalue weighted by Gasteiger charge is -2.36. The minimum atomic E-state index is -3.24. The van der Waals surface area contributed by atoms with Gasteiger partial charge in [0, 0.05) is 43.7 Å². The van der Waals surface area contributed by atoms with E-state index in [0.29, 0.717) is 19.6 Å². The lowest BCUT2D eigenvalue weighted by molar-refractivity contribution is 0.0634. The van der Waals surface area contributed by atoms with Crippen LogP contribution in [0.25, 0.3) is 11.3 Å². The molecule has 2 heterocycles. The fourth-order valence-electron chi connectivity index (χ4n) is 4.32. The van der Waals surface area contributed by atoms with Gasteiger partial charge in [-0.1, -0.05) is 18.2 Å². The molecule has 184 valence electrons. The number of rotatable bonds is 6. The van der Waals surface area contributed by atoms with E-state index in [4.69, 9.17) is 0 Å². The molecule has 1 aliphatic heterocycles. The average molecular weight is 500 g/mol. The van der Waals surface area contributed by atoms with E-state index in [1.807, 2.05) is 25.4 Å². The van der Waals surface area contributed by atoms with Crippen molar-refractivity contribution in [2.24, 2.45) is 0 Å². The number of sulfone groups is 1. The Morgan fingerprint density at radius 3 is 2.34 bits per heavy atom. The molecule has 2 aromatic carbocycles. The summed E-state index contributed by atoms with van der Waals surface area (Å²) in [4.78, 5) is 21.2. The first-order chi connectivity index (χ1) is 16.6. The van der Waals surface area contributed by atoms with E-state index in [9.17, 15) is 22.0 Å². The molecule has 1 fully saturated rings. The molecule has 4 rings (SSSR count). The molecule has 35 heavy (non-hydrogen) atoms. The third kappa shape index (κ3) is 5.91. The number of nitrogens with zero attached hydrogens (tertiary/aromatic N) is 3. The molecular weight excluding hydrogens is 472 g/mol. The number of hydrogen-bond donors (Lipinski definition) is 0. The fraction of sp³-hybridized carbons (Fsp3) is 0.308. The van der Waals surface area contributed by atoms with Crippen LogP contribution in [0.3, 0.4) is 0 Å². The highest BCUT2D eigenvalue weighted by atomic mass is 32.2. The third-order valence-corrected chi connectivity index (χ3v) is 7.50. The second-order valence-electron chi connectivity index (χ2n) is 8.91. The lowest BCUT2D eigenvalue weighted by Crippen LogP contribution is -2.45. The van der Waals surface area contributed by atoms with Crippen LogP contribution in [0.1, 0.15) is 28.8 Å². The molecule has 1 saturated heterocycles. The van der Waals surface area contributed by atoms with Crippen LogP contribution in [0.15, 0.2) is 65.7 Å². The van der Waals surface area contributed by atoms with Crippen LogP contribution in [0.5, 0.6) is 0 Å². The number of piperidine rings is 1. The molecule has 0 bridgehead atoms. The van der Waals surface area contributed by atoms with Crippen LogP contribution in [-0.4, -0.2) is 61.5 Å². The van der Waals surface area contributed by atoms with Crippen LogP contribution >= 0.6 is 0 Å². The number of hydrogen-bond acceptors (Lipinski definition) is 5. The van der Waals surface area contributed by atoms with Crippen molar-refractivity contribution in [1.82, 2.24) is 14.8 Å². The molecule has 0 N–H and O–H groups in total. The standard InChI is InChI=1S/C26H27F2N3O3S/c1-30(21-11-13-31(14-12-21)26(32)23-15-20(27)6-9-24(23)28)17-18-3-10-25(29-16-18)19-4-7-22(8-5-19)35(2,33)34/h3-10,15-16,21H,11-14,17H2,1-2H3. The summed E-state index contributed by atoms with van der Waals surface area (Å²) in [6, 6.07) is 13.7. The summed E-state index contributed by atoms with van der Waals surface area (Å²) in [7, 11) is -1.22. The van der Waals surface area contributed by atoms with Crippen molar-refractivity contribution in [2.45, 2.75) is 30.3 Å². The number of carbonyl (C=O) groups is 1. The van der Waals surface area contributed by atoms with E-state index in [0.717, 1.165) is 47.9 Å². The highest BCUT2D eigenvalue weighted by Crippen LogP contribution is 2.23. The van der Waals surface area contributed by atoms with E-state index < -0.39 is 27.4 Å². The Labute approximate surface area is 204 Å². The summed E-state index contributed by atoms with van der Waals surface area (Å²) in [5.41, 5.74) is 2.40.